The van der Waals surface area contributed by atoms with E-state index < -0.39 is 32.2 Å². The molecule has 0 aromatic heterocycles. The summed E-state index contributed by atoms with van der Waals surface area (Å²) in [5, 5.41) is 7.46. The molecule has 1 aromatic carbocycles. The molecule has 1 aromatic rings. The molecule has 1 aliphatic rings. The van der Waals surface area contributed by atoms with Gasteiger partial charge in [-0.2, -0.15) is 0 Å². The standard InChI is InChI=1S/C12H14ClFN2O3S/c1-6(7-2-3-7)16-12(17)9-4-8(13)5-10(11(9)14)20(15,18)19/h4-7H,2-3H2,1H3,(H,16,17)(H2,15,18,19). The second kappa shape index (κ2) is 5.31. The maximum absolute atomic E-state index is 14.1. The topological polar surface area (TPSA) is 89.3 Å². The molecule has 1 amide bonds. The maximum atomic E-state index is 14.1. The number of amides is 1. The number of halogens is 2. The van der Waals surface area contributed by atoms with E-state index in [1.54, 1.807) is 0 Å². The van der Waals surface area contributed by atoms with Crippen molar-refractivity contribution in [1.82, 2.24) is 5.32 Å². The number of nitrogens with two attached hydrogens (primary N) is 1. The van der Waals surface area contributed by atoms with Gasteiger partial charge in [0.2, 0.25) is 10.0 Å². The third-order valence-electron chi connectivity index (χ3n) is 3.24. The van der Waals surface area contributed by atoms with Gasteiger partial charge >= 0.3 is 0 Å². The molecule has 110 valence electrons. The van der Waals surface area contributed by atoms with E-state index in [2.05, 4.69) is 5.32 Å². The molecular formula is C12H14ClFN2O3S. The highest BCUT2D eigenvalue weighted by molar-refractivity contribution is 7.89. The van der Waals surface area contributed by atoms with E-state index in [1.807, 2.05) is 6.92 Å². The Labute approximate surface area is 121 Å². The number of carbonyl (C=O) groups excluding carboxylic acids is 1. The minimum atomic E-state index is -4.28. The van der Waals surface area contributed by atoms with Crippen LogP contribution < -0.4 is 10.5 Å². The molecule has 3 N–H and O–H groups in total. The molecule has 1 saturated carbocycles. The Bertz CT molecular complexity index is 659. The molecule has 0 saturated heterocycles. The molecule has 1 fully saturated rings. The lowest BCUT2D eigenvalue weighted by molar-refractivity contribution is 0.0931. The highest BCUT2D eigenvalue weighted by Crippen LogP contribution is 2.32. The van der Waals surface area contributed by atoms with Crippen molar-refractivity contribution in [1.29, 1.82) is 0 Å². The monoisotopic (exact) mass is 320 g/mol. The zero-order chi connectivity index (χ0) is 15.1. The Morgan fingerprint density at radius 2 is 2.10 bits per heavy atom. The lowest BCUT2D eigenvalue weighted by atomic mass is 10.1. The zero-order valence-electron chi connectivity index (χ0n) is 10.7. The molecular weight excluding hydrogens is 307 g/mol. The van der Waals surface area contributed by atoms with Gasteiger partial charge in [0, 0.05) is 11.1 Å². The maximum Gasteiger partial charge on any atom is 0.254 e. The van der Waals surface area contributed by atoms with Gasteiger partial charge in [0.15, 0.2) is 5.82 Å². The summed E-state index contributed by atoms with van der Waals surface area (Å²) in [6.07, 6.45) is 2.03. The van der Waals surface area contributed by atoms with Crippen molar-refractivity contribution in [2.24, 2.45) is 11.1 Å². The highest BCUT2D eigenvalue weighted by atomic mass is 35.5. The van der Waals surface area contributed by atoms with Gasteiger partial charge in [0.1, 0.15) is 4.90 Å². The molecule has 0 heterocycles. The highest BCUT2D eigenvalue weighted by Gasteiger charge is 2.30. The second-order valence-electron chi connectivity index (χ2n) is 4.91. The fourth-order valence-corrected chi connectivity index (χ4v) is 2.87. The van der Waals surface area contributed by atoms with Gasteiger partial charge in [0.25, 0.3) is 5.91 Å². The molecule has 8 heteroatoms. The van der Waals surface area contributed by atoms with Gasteiger partial charge in [-0.1, -0.05) is 11.6 Å². The SMILES string of the molecule is CC(NC(=O)c1cc(Cl)cc(S(N)(=O)=O)c1F)C1CC1. The van der Waals surface area contributed by atoms with Crippen molar-refractivity contribution in [3.05, 3.63) is 28.5 Å². The first-order chi connectivity index (χ1) is 9.20. The molecule has 20 heavy (non-hydrogen) atoms. The molecule has 0 aliphatic heterocycles. The summed E-state index contributed by atoms with van der Waals surface area (Å²) in [4.78, 5) is 11.2. The van der Waals surface area contributed by atoms with Crippen LogP contribution in [0.3, 0.4) is 0 Å². The van der Waals surface area contributed by atoms with Crippen molar-refractivity contribution in [2.45, 2.75) is 30.7 Å². The average molecular weight is 321 g/mol. The number of nitrogens with one attached hydrogen (secondary N) is 1. The lowest BCUT2D eigenvalue weighted by Gasteiger charge is -2.14. The first kappa shape index (κ1) is 15.2. The van der Waals surface area contributed by atoms with Crippen LogP contribution >= 0.6 is 11.6 Å². The normalized spacial score (nSPS) is 16.8. The Kier molecular flexibility index (Phi) is 4.04. The predicted octanol–water partition coefficient (Wildman–Crippen LogP) is 1.65. The number of primary sulfonamides is 1. The number of hydrogen-bond donors (Lipinski definition) is 2. The van der Waals surface area contributed by atoms with Crippen LogP contribution in [-0.2, 0) is 10.0 Å². The van der Waals surface area contributed by atoms with Crippen LogP contribution in [0, 0.1) is 11.7 Å². The number of sulfonamides is 1. The van der Waals surface area contributed by atoms with Crippen LogP contribution in [0.5, 0.6) is 0 Å². The van der Waals surface area contributed by atoms with Crippen molar-refractivity contribution in [2.75, 3.05) is 0 Å². The fraction of sp³-hybridized carbons (Fsp3) is 0.417. The Morgan fingerprint density at radius 3 is 2.60 bits per heavy atom. The van der Waals surface area contributed by atoms with Gasteiger partial charge in [-0.05, 0) is 37.8 Å². The van der Waals surface area contributed by atoms with Crippen LogP contribution in [0.2, 0.25) is 5.02 Å². The average Bonchev–Trinajstić information content (AvgIpc) is 3.13. The van der Waals surface area contributed by atoms with E-state index in [-0.39, 0.29) is 11.1 Å². The van der Waals surface area contributed by atoms with E-state index in [1.165, 1.54) is 0 Å². The van der Waals surface area contributed by atoms with E-state index >= 15 is 0 Å². The summed E-state index contributed by atoms with van der Waals surface area (Å²) in [5.41, 5.74) is -0.422. The van der Waals surface area contributed by atoms with Crippen LogP contribution in [0.4, 0.5) is 4.39 Å². The van der Waals surface area contributed by atoms with Gasteiger partial charge in [-0.3, -0.25) is 4.79 Å². The van der Waals surface area contributed by atoms with Crippen LogP contribution in [-0.4, -0.2) is 20.4 Å². The van der Waals surface area contributed by atoms with Crippen LogP contribution in [0.25, 0.3) is 0 Å². The molecule has 0 bridgehead atoms. The predicted molar refractivity (Wildman–Crippen MR) is 72.4 cm³/mol. The number of hydrogen-bond acceptors (Lipinski definition) is 3. The molecule has 1 atom stereocenters. The van der Waals surface area contributed by atoms with Gasteiger partial charge in [-0.15, -0.1) is 0 Å². The minimum absolute atomic E-state index is 0.0698. The van der Waals surface area contributed by atoms with E-state index in [0.29, 0.717) is 5.92 Å². The molecule has 0 radical (unpaired) electrons. The molecule has 1 aliphatic carbocycles. The molecule has 2 rings (SSSR count). The van der Waals surface area contributed by atoms with Crippen molar-refractivity contribution < 1.29 is 17.6 Å². The second-order valence-corrected chi connectivity index (χ2v) is 6.88. The first-order valence-corrected chi connectivity index (χ1v) is 7.95. The summed E-state index contributed by atoms with van der Waals surface area (Å²) in [5.74, 6) is -1.49. The van der Waals surface area contributed by atoms with Gasteiger partial charge in [-0.25, -0.2) is 17.9 Å². The molecule has 0 spiro atoms. The zero-order valence-corrected chi connectivity index (χ0v) is 12.3. The summed E-state index contributed by atoms with van der Waals surface area (Å²) >= 11 is 5.72. The van der Waals surface area contributed by atoms with Crippen molar-refractivity contribution >= 4 is 27.5 Å². The summed E-state index contributed by atoms with van der Waals surface area (Å²) in [7, 11) is -4.28. The summed E-state index contributed by atoms with van der Waals surface area (Å²) in [6, 6.07) is 1.87. The Hall–Kier alpha value is -1.18. The quantitative estimate of drug-likeness (QED) is 0.884. The van der Waals surface area contributed by atoms with Gasteiger partial charge < -0.3 is 5.32 Å². The Morgan fingerprint density at radius 1 is 1.50 bits per heavy atom. The number of benzene rings is 1. The van der Waals surface area contributed by atoms with Gasteiger partial charge in [0.05, 0.1) is 5.56 Å². The van der Waals surface area contributed by atoms with E-state index in [0.717, 1.165) is 25.0 Å². The summed E-state index contributed by atoms with van der Waals surface area (Å²) in [6.45, 7) is 1.82. The minimum Gasteiger partial charge on any atom is -0.349 e. The number of carbonyl (C=O) groups is 1. The van der Waals surface area contributed by atoms with E-state index in [4.69, 9.17) is 16.7 Å². The third kappa shape index (κ3) is 3.28. The van der Waals surface area contributed by atoms with Crippen molar-refractivity contribution in [3.63, 3.8) is 0 Å². The summed E-state index contributed by atoms with van der Waals surface area (Å²) < 4.78 is 36.6. The first-order valence-electron chi connectivity index (χ1n) is 6.03. The Balaban J connectivity index is 2.35. The number of rotatable bonds is 4. The largest absolute Gasteiger partial charge is 0.349 e. The lowest BCUT2D eigenvalue weighted by Crippen LogP contribution is -2.34. The third-order valence-corrected chi connectivity index (χ3v) is 4.37. The van der Waals surface area contributed by atoms with Crippen LogP contribution in [0.15, 0.2) is 17.0 Å². The molecule has 1 unspecified atom stereocenters. The smallest absolute Gasteiger partial charge is 0.254 e. The molecule has 5 nitrogen and oxygen atoms in total. The van der Waals surface area contributed by atoms with Crippen molar-refractivity contribution in [3.8, 4) is 0 Å². The fourth-order valence-electron chi connectivity index (χ4n) is 1.94. The van der Waals surface area contributed by atoms with Crippen LogP contribution in [0.1, 0.15) is 30.1 Å². The van der Waals surface area contributed by atoms with E-state index in [9.17, 15) is 17.6 Å².